The van der Waals surface area contributed by atoms with Crippen LogP contribution in [0, 0.1) is 11.6 Å². The first-order valence-electron chi connectivity index (χ1n) is 10.7. The minimum atomic E-state index is -0.828. The molecule has 31 heavy (non-hydrogen) atoms. The van der Waals surface area contributed by atoms with Gasteiger partial charge in [-0.1, -0.05) is 18.2 Å². The average Bonchev–Trinajstić information content (AvgIpc) is 2.63. The van der Waals surface area contributed by atoms with Crippen LogP contribution < -0.4 is 10.2 Å². The summed E-state index contributed by atoms with van der Waals surface area (Å²) in [5.41, 5.74) is 1.05. The number of anilines is 1. The molecule has 6 heteroatoms. The van der Waals surface area contributed by atoms with Gasteiger partial charge in [-0.05, 0) is 70.4 Å². The van der Waals surface area contributed by atoms with Crippen molar-refractivity contribution < 1.29 is 13.6 Å². The molecule has 1 amide bonds. The van der Waals surface area contributed by atoms with Crippen LogP contribution in [0.4, 0.5) is 14.5 Å². The summed E-state index contributed by atoms with van der Waals surface area (Å²) in [6.45, 7) is 8.67. The second-order valence-corrected chi connectivity index (χ2v) is 10.0. The molecule has 0 bridgehead atoms. The molecule has 1 saturated heterocycles. The average molecular weight is 430 g/mol. The number of hydrogen-bond donors (Lipinski definition) is 1. The van der Waals surface area contributed by atoms with Crippen LogP contribution in [-0.2, 0) is 6.54 Å². The molecule has 4 nitrogen and oxygen atoms in total. The van der Waals surface area contributed by atoms with Crippen LogP contribution in [0.15, 0.2) is 42.5 Å². The van der Waals surface area contributed by atoms with Crippen molar-refractivity contribution in [3.63, 3.8) is 0 Å². The van der Waals surface area contributed by atoms with Gasteiger partial charge in [0.25, 0.3) is 5.91 Å². The molecule has 1 aliphatic heterocycles. The molecule has 2 aromatic rings. The number of amides is 1. The Morgan fingerprint density at radius 1 is 0.968 bits per heavy atom. The van der Waals surface area contributed by atoms with Gasteiger partial charge in [-0.3, -0.25) is 4.79 Å². The van der Waals surface area contributed by atoms with E-state index < -0.39 is 23.1 Å². The van der Waals surface area contributed by atoms with Gasteiger partial charge in [0.1, 0.15) is 17.2 Å². The smallest absolute Gasteiger partial charge is 0.260 e. The summed E-state index contributed by atoms with van der Waals surface area (Å²) in [4.78, 5) is 17.2. The summed E-state index contributed by atoms with van der Waals surface area (Å²) in [7, 11) is 3.93. The van der Waals surface area contributed by atoms with Crippen LogP contribution in [-0.4, -0.2) is 42.0 Å². The number of halogens is 2. The van der Waals surface area contributed by atoms with Crippen molar-refractivity contribution >= 4 is 11.6 Å². The minimum Gasteiger partial charge on any atom is -0.378 e. The summed E-state index contributed by atoms with van der Waals surface area (Å²) in [5, 5.41) is 3.61. The quantitative estimate of drug-likeness (QED) is 0.728. The molecule has 2 aromatic carbocycles. The Kier molecular flexibility index (Phi) is 6.42. The van der Waals surface area contributed by atoms with E-state index in [1.165, 1.54) is 6.07 Å². The first-order chi connectivity index (χ1) is 14.4. The molecule has 1 fully saturated rings. The molecule has 0 saturated carbocycles. The Labute approximate surface area is 184 Å². The van der Waals surface area contributed by atoms with Gasteiger partial charge >= 0.3 is 0 Å². The highest BCUT2D eigenvalue weighted by Gasteiger charge is 2.42. The summed E-state index contributed by atoms with van der Waals surface area (Å²) in [5.74, 6) is -2.26. The predicted octanol–water partition coefficient (Wildman–Crippen LogP) is 4.98. The Morgan fingerprint density at radius 2 is 1.48 bits per heavy atom. The van der Waals surface area contributed by atoms with Gasteiger partial charge in [-0.15, -0.1) is 0 Å². The van der Waals surface area contributed by atoms with Crippen molar-refractivity contribution in [2.24, 2.45) is 0 Å². The summed E-state index contributed by atoms with van der Waals surface area (Å²) >= 11 is 0. The summed E-state index contributed by atoms with van der Waals surface area (Å²) < 4.78 is 29.0. The van der Waals surface area contributed by atoms with E-state index in [9.17, 15) is 13.6 Å². The normalized spacial score (nSPS) is 17.9. The Bertz CT molecular complexity index is 902. The molecule has 0 spiro atoms. The largest absolute Gasteiger partial charge is 0.378 e. The molecule has 0 unspecified atom stereocenters. The molecule has 0 aromatic heterocycles. The maximum atomic E-state index is 14.5. The molecule has 1 N–H and O–H groups in total. The Balaban J connectivity index is 2.00. The van der Waals surface area contributed by atoms with Gasteiger partial charge in [-0.2, -0.15) is 0 Å². The van der Waals surface area contributed by atoms with E-state index in [4.69, 9.17) is 0 Å². The van der Waals surface area contributed by atoms with Crippen molar-refractivity contribution in [1.29, 1.82) is 0 Å². The van der Waals surface area contributed by atoms with Crippen LogP contribution in [0.25, 0.3) is 0 Å². The molecular formula is C25H33F2N3O. The van der Waals surface area contributed by atoms with Crippen LogP contribution in [0.3, 0.4) is 0 Å². The molecule has 0 atom stereocenters. The maximum Gasteiger partial charge on any atom is 0.260 e. The topological polar surface area (TPSA) is 35.6 Å². The van der Waals surface area contributed by atoms with Crippen molar-refractivity contribution in [2.45, 2.75) is 64.2 Å². The minimum absolute atomic E-state index is 0.161. The maximum absolute atomic E-state index is 14.5. The third-order valence-electron chi connectivity index (χ3n) is 5.85. The molecule has 3 rings (SSSR count). The lowest BCUT2D eigenvalue weighted by atomic mass is 9.78. The predicted molar refractivity (Wildman–Crippen MR) is 121 cm³/mol. The van der Waals surface area contributed by atoms with Crippen molar-refractivity contribution in [3.8, 4) is 0 Å². The van der Waals surface area contributed by atoms with E-state index >= 15 is 0 Å². The lowest BCUT2D eigenvalue weighted by Gasteiger charge is -2.49. The van der Waals surface area contributed by atoms with Gasteiger partial charge in [0.15, 0.2) is 0 Å². The van der Waals surface area contributed by atoms with E-state index in [0.29, 0.717) is 12.8 Å². The van der Waals surface area contributed by atoms with Crippen LogP contribution >= 0.6 is 0 Å². The number of carbonyl (C=O) groups excluding carboxylic acids is 1. The monoisotopic (exact) mass is 429 g/mol. The number of hydrogen-bond acceptors (Lipinski definition) is 3. The number of piperidine rings is 1. The third-order valence-corrected chi connectivity index (χ3v) is 5.85. The number of carbonyl (C=O) groups is 1. The van der Waals surface area contributed by atoms with Gasteiger partial charge in [-0.25, -0.2) is 8.78 Å². The fraction of sp³-hybridized carbons (Fsp3) is 0.480. The summed E-state index contributed by atoms with van der Waals surface area (Å²) in [6, 6.07) is 11.3. The van der Waals surface area contributed by atoms with Gasteiger partial charge in [0, 0.05) is 43.4 Å². The van der Waals surface area contributed by atoms with E-state index in [1.54, 1.807) is 4.90 Å². The first kappa shape index (κ1) is 23.2. The second kappa shape index (κ2) is 8.58. The van der Waals surface area contributed by atoms with E-state index in [-0.39, 0.29) is 23.7 Å². The van der Waals surface area contributed by atoms with Crippen molar-refractivity contribution in [2.75, 3.05) is 19.0 Å². The molecular weight excluding hydrogens is 396 g/mol. The standard InChI is InChI=1S/C25H33F2N3O/c1-24(2)14-19(15-25(3,4)28-24)30(16-17-10-12-18(13-11-17)29(5)6)23(31)22-20(26)8-7-9-21(22)27/h7-13,19,28H,14-16H2,1-6H3. The lowest BCUT2D eigenvalue weighted by molar-refractivity contribution is 0.0411. The summed E-state index contributed by atoms with van der Waals surface area (Å²) in [6.07, 6.45) is 1.38. The molecule has 1 heterocycles. The van der Waals surface area contributed by atoms with Crippen molar-refractivity contribution in [1.82, 2.24) is 10.2 Å². The molecule has 168 valence electrons. The fourth-order valence-electron chi connectivity index (χ4n) is 4.80. The highest BCUT2D eigenvalue weighted by molar-refractivity contribution is 5.95. The van der Waals surface area contributed by atoms with Crippen molar-refractivity contribution in [3.05, 3.63) is 65.2 Å². The number of nitrogens with one attached hydrogen (secondary N) is 1. The van der Waals surface area contributed by atoms with Crippen LogP contribution in [0.2, 0.25) is 0 Å². The second-order valence-electron chi connectivity index (χ2n) is 10.0. The zero-order chi connectivity index (χ0) is 23.0. The van der Waals surface area contributed by atoms with E-state index in [0.717, 1.165) is 23.4 Å². The van der Waals surface area contributed by atoms with Gasteiger partial charge < -0.3 is 15.1 Å². The molecule has 0 radical (unpaired) electrons. The SMILES string of the molecule is CN(C)c1ccc(CN(C(=O)c2c(F)cccc2F)C2CC(C)(C)NC(C)(C)C2)cc1. The van der Waals surface area contributed by atoms with Crippen LogP contribution in [0.1, 0.15) is 56.5 Å². The van der Waals surface area contributed by atoms with Crippen LogP contribution in [0.5, 0.6) is 0 Å². The highest BCUT2D eigenvalue weighted by atomic mass is 19.1. The lowest BCUT2D eigenvalue weighted by Crippen LogP contribution is -2.62. The Hall–Kier alpha value is -2.47. The third kappa shape index (κ3) is 5.42. The highest BCUT2D eigenvalue weighted by Crippen LogP contribution is 2.33. The number of nitrogens with zero attached hydrogens (tertiary/aromatic N) is 2. The fourth-order valence-corrected chi connectivity index (χ4v) is 4.80. The molecule has 1 aliphatic rings. The van der Waals surface area contributed by atoms with Gasteiger partial charge in [0.2, 0.25) is 0 Å². The van der Waals surface area contributed by atoms with E-state index in [1.807, 2.05) is 43.3 Å². The van der Waals surface area contributed by atoms with Gasteiger partial charge in [0.05, 0.1) is 0 Å². The zero-order valence-electron chi connectivity index (χ0n) is 19.3. The number of benzene rings is 2. The molecule has 0 aliphatic carbocycles. The zero-order valence-corrected chi connectivity index (χ0v) is 19.3. The Morgan fingerprint density at radius 3 is 1.97 bits per heavy atom. The number of rotatable bonds is 5. The van der Waals surface area contributed by atoms with E-state index in [2.05, 4.69) is 33.0 Å². The first-order valence-corrected chi connectivity index (χ1v) is 10.7.